The summed E-state index contributed by atoms with van der Waals surface area (Å²) in [7, 11) is 0. The molecule has 0 aliphatic carbocycles. The fraction of sp³-hybridized carbons (Fsp3) is 0.292. The molecule has 0 radical (unpaired) electrons. The molecule has 0 saturated heterocycles. The van der Waals surface area contributed by atoms with Crippen molar-refractivity contribution in [1.82, 2.24) is 4.98 Å². The zero-order valence-corrected chi connectivity index (χ0v) is 17.5. The molecule has 0 spiro atoms. The summed E-state index contributed by atoms with van der Waals surface area (Å²) < 4.78 is 19.4. The Morgan fingerprint density at radius 1 is 1.00 bits per heavy atom. The minimum Gasteiger partial charge on any atom is -0.489 e. The van der Waals surface area contributed by atoms with Gasteiger partial charge in [-0.25, -0.2) is 4.39 Å². The molecule has 0 N–H and O–H groups in total. The molecule has 0 aliphatic heterocycles. The lowest BCUT2D eigenvalue weighted by molar-refractivity contribution is 0.302. The average molecular weight is 398 g/mol. The van der Waals surface area contributed by atoms with E-state index in [1.807, 2.05) is 6.92 Å². The van der Waals surface area contributed by atoms with Gasteiger partial charge in [0, 0.05) is 22.9 Å². The highest BCUT2D eigenvalue weighted by molar-refractivity contribution is 6.30. The molecule has 1 heterocycles. The van der Waals surface area contributed by atoms with Crippen LogP contribution in [0.25, 0.3) is 11.3 Å². The van der Waals surface area contributed by atoms with Crippen LogP contribution in [0.1, 0.15) is 41.8 Å². The molecule has 3 rings (SSSR count). The maximum absolute atomic E-state index is 13.6. The second-order valence-electron chi connectivity index (χ2n) is 6.91. The van der Waals surface area contributed by atoms with Crippen LogP contribution in [0.5, 0.6) is 5.75 Å². The maximum atomic E-state index is 13.6. The van der Waals surface area contributed by atoms with Gasteiger partial charge in [-0.05, 0) is 61.6 Å². The first-order valence-electron chi connectivity index (χ1n) is 9.60. The van der Waals surface area contributed by atoms with Crippen LogP contribution in [0.15, 0.2) is 42.5 Å². The van der Waals surface area contributed by atoms with E-state index in [0.29, 0.717) is 12.4 Å². The second-order valence-corrected chi connectivity index (χ2v) is 7.32. The zero-order valence-electron chi connectivity index (χ0n) is 16.8. The average Bonchev–Trinajstić information content (AvgIpc) is 2.69. The van der Waals surface area contributed by atoms with Crippen LogP contribution >= 0.6 is 11.6 Å². The van der Waals surface area contributed by atoms with Crippen molar-refractivity contribution < 1.29 is 9.13 Å². The number of aryl methyl sites for hydroxylation is 4. The van der Waals surface area contributed by atoms with Gasteiger partial charge >= 0.3 is 0 Å². The predicted molar refractivity (Wildman–Crippen MR) is 114 cm³/mol. The highest BCUT2D eigenvalue weighted by Crippen LogP contribution is 2.30. The first-order chi connectivity index (χ1) is 13.4. The Morgan fingerprint density at radius 2 is 1.68 bits per heavy atom. The number of ether oxygens (including phenoxy) is 1. The normalized spacial score (nSPS) is 10.9. The third-order valence-electron chi connectivity index (χ3n) is 5.08. The maximum Gasteiger partial charge on any atom is 0.145 e. The summed E-state index contributed by atoms with van der Waals surface area (Å²) in [6.45, 7) is 8.75. The second kappa shape index (κ2) is 8.74. The van der Waals surface area contributed by atoms with Gasteiger partial charge in [-0.2, -0.15) is 0 Å². The number of aromatic nitrogens is 1. The van der Waals surface area contributed by atoms with Crippen LogP contribution < -0.4 is 4.74 Å². The van der Waals surface area contributed by atoms with E-state index in [4.69, 9.17) is 21.3 Å². The van der Waals surface area contributed by atoms with Gasteiger partial charge < -0.3 is 4.74 Å². The van der Waals surface area contributed by atoms with E-state index in [-0.39, 0.29) is 5.02 Å². The molecule has 0 saturated carbocycles. The fourth-order valence-corrected chi connectivity index (χ4v) is 3.62. The molecule has 0 bridgehead atoms. The Bertz CT molecular complexity index is 955. The van der Waals surface area contributed by atoms with E-state index in [1.165, 1.54) is 28.8 Å². The summed E-state index contributed by atoms with van der Waals surface area (Å²) >= 11 is 5.73. The van der Waals surface area contributed by atoms with Gasteiger partial charge in [0.2, 0.25) is 0 Å². The third-order valence-corrected chi connectivity index (χ3v) is 5.39. The Kier molecular flexibility index (Phi) is 6.35. The third kappa shape index (κ3) is 4.20. The minimum atomic E-state index is -0.482. The highest BCUT2D eigenvalue weighted by Gasteiger charge is 2.14. The van der Waals surface area contributed by atoms with E-state index >= 15 is 0 Å². The topological polar surface area (TPSA) is 22.1 Å². The van der Waals surface area contributed by atoms with Crippen LogP contribution in [0.3, 0.4) is 0 Å². The molecule has 2 nitrogen and oxygen atoms in total. The van der Waals surface area contributed by atoms with Crippen LogP contribution in [0.2, 0.25) is 5.02 Å². The van der Waals surface area contributed by atoms with Gasteiger partial charge in [0.25, 0.3) is 0 Å². The number of hydrogen-bond acceptors (Lipinski definition) is 2. The number of hydrogen-bond donors (Lipinski definition) is 0. The van der Waals surface area contributed by atoms with E-state index in [9.17, 15) is 4.39 Å². The van der Waals surface area contributed by atoms with Crippen molar-refractivity contribution in [2.24, 2.45) is 0 Å². The van der Waals surface area contributed by atoms with Gasteiger partial charge in [-0.1, -0.05) is 43.6 Å². The molecule has 0 aliphatic rings. The van der Waals surface area contributed by atoms with Gasteiger partial charge in [0.15, 0.2) is 0 Å². The Balaban J connectivity index is 1.93. The molecule has 2 aromatic carbocycles. The number of rotatable bonds is 6. The quantitative estimate of drug-likeness (QED) is 0.453. The van der Waals surface area contributed by atoms with Crippen LogP contribution in [0.4, 0.5) is 4.39 Å². The zero-order chi connectivity index (χ0) is 20.3. The minimum absolute atomic E-state index is 0.0899. The van der Waals surface area contributed by atoms with Crippen LogP contribution in [-0.4, -0.2) is 4.98 Å². The smallest absolute Gasteiger partial charge is 0.145 e. The lowest BCUT2D eigenvalue weighted by Crippen LogP contribution is -2.05. The molecule has 4 heteroatoms. The first-order valence-corrected chi connectivity index (χ1v) is 9.98. The number of pyridine rings is 1. The summed E-state index contributed by atoms with van der Waals surface area (Å²) in [5.41, 5.74) is 7.93. The summed E-state index contributed by atoms with van der Waals surface area (Å²) in [6.07, 6.45) is 1.94. The van der Waals surface area contributed by atoms with Crippen molar-refractivity contribution in [3.05, 3.63) is 81.3 Å². The number of halogens is 2. The fourth-order valence-electron chi connectivity index (χ4n) is 3.50. The van der Waals surface area contributed by atoms with Gasteiger partial charge in [-0.3, -0.25) is 4.98 Å². The predicted octanol–water partition coefficient (Wildman–Crippen LogP) is 6.86. The summed E-state index contributed by atoms with van der Waals surface area (Å²) in [6, 6.07) is 13.1. The molecule has 28 heavy (non-hydrogen) atoms. The van der Waals surface area contributed by atoms with Crippen molar-refractivity contribution in [2.45, 2.75) is 47.1 Å². The molecular weight excluding hydrogens is 373 g/mol. The van der Waals surface area contributed by atoms with E-state index in [0.717, 1.165) is 35.4 Å². The van der Waals surface area contributed by atoms with Crippen molar-refractivity contribution in [2.75, 3.05) is 0 Å². The highest BCUT2D eigenvalue weighted by atomic mass is 35.5. The van der Waals surface area contributed by atoms with Crippen LogP contribution in [-0.2, 0) is 19.4 Å². The number of nitrogens with zero attached hydrogens (tertiary/aromatic N) is 1. The number of benzene rings is 2. The largest absolute Gasteiger partial charge is 0.489 e. The Hall–Kier alpha value is -2.39. The molecule has 0 amide bonds. The Labute approximate surface area is 171 Å². The van der Waals surface area contributed by atoms with Crippen LogP contribution in [0, 0.1) is 19.7 Å². The molecule has 3 aromatic rings. The lowest BCUT2D eigenvalue weighted by Gasteiger charge is -2.17. The lowest BCUT2D eigenvalue weighted by atomic mass is 9.93. The SMILES string of the molecule is CCc1cccc(CC)c1-c1cc(C)c(COc2ccc(Cl)c(F)c2)c(C)n1. The van der Waals surface area contributed by atoms with Gasteiger partial charge in [-0.15, -0.1) is 0 Å². The van der Waals surface area contributed by atoms with Crippen molar-refractivity contribution in [3.63, 3.8) is 0 Å². The first kappa shape index (κ1) is 20.3. The van der Waals surface area contributed by atoms with Crippen molar-refractivity contribution in [1.29, 1.82) is 0 Å². The summed E-state index contributed by atoms with van der Waals surface area (Å²) in [4.78, 5) is 4.89. The molecule has 0 unspecified atom stereocenters. The standard InChI is InChI=1S/C24H25ClFNO/c1-5-17-8-7-9-18(6-2)24(17)23-12-15(3)20(16(4)27-23)14-28-19-10-11-21(25)22(26)13-19/h7-13H,5-6,14H2,1-4H3. The van der Waals surface area contributed by atoms with Gasteiger partial charge in [0.1, 0.15) is 18.2 Å². The molecule has 0 fully saturated rings. The Morgan fingerprint density at radius 3 is 2.25 bits per heavy atom. The summed E-state index contributed by atoms with van der Waals surface area (Å²) in [5.74, 6) is -0.0290. The monoisotopic (exact) mass is 397 g/mol. The van der Waals surface area contributed by atoms with Crippen molar-refractivity contribution >= 4 is 11.6 Å². The summed E-state index contributed by atoms with van der Waals surface area (Å²) in [5, 5.41) is 0.0899. The molecule has 146 valence electrons. The van der Waals surface area contributed by atoms with E-state index in [1.54, 1.807) is 6.07 Å². The molecule has 1 aromatic heterocycles. The molecule has 0 atom stereocenters. The van der Waals surface area contributed by atoms with E-state index < -0.39 is 5.82 Å². The molecular formula is C24H25ClFNO. The van der Waals surface area contributed by atoms with Gasteiger partial charge in [0.05, 0.1) is 10.7 Å². The van der Waals surface area contributed by atoms with E-state index in [2.05, 4.69) is 45.0 Å². The van der Waals surface area contributed by atoms with Crippen molar-refractivity contribution in [3.8, 4) is 17.0 Å².